The highest BCUT2D eigenvalue weighted by Gasteiger charge is 2.15. The number of halogens is 1. The van der Waals surface area contributed by atoms with Crippen LogP contribution in [0.2, 0.25) is 0 Å². The number of rotatable bonds is 7. The lowest BCUT2D eigenvalue weighted by atomic mass is 10.00. The Morgan fingerprint density at radius 3 is 2.36 bits per heavy atom. The number of fused-ring (bicyclic) bond motifs is 1. The molecule has 4 nitrogen and oxygen atoms in total. The van der Waals surface area contributed by atoms with Crippen LogP contribution in [0.5, 0.6) is 11.5 Å². The summed E-state index contributed by atoms with van der Waals surface area (Å²) in [5, 5.41) is 1.28. The maximum atomic E-state index is 5.69. The van der Waals surface area contributed by atoms with Crippen molar-refractivity contribution in [2.75, 3.05) is 20.8 Å². The van der Waals surface area contributed by atoms with E-state index in [0.29, 0.717) is 0 Å². The third-order valence-electron chi connectivity index (χ3n) is 4.39. The van der Waals surface area contributed by atoms with Crippen LogP contribution in [0.1, 0.15) is 18.4 Å². The maximum Gasteiger partial charge on any atom is 0.123 e. The van der Waals surface area contributed by atoms with Crippen molar-refractivity contribution in [2.24, 2.45) is 5.73 Å². The molecule has 25 heavy (non-hydrogen) atoms. The smallest absolute Gasteiger partial charge is 0.123 e. The van der Waals surface area contributed by atoms with Crippen molar-refractivity contribution in [3.8, 4) is 22.8 Å². The molecule has 1 heterocycles. The fraction of sp³-hybridized carbons (Fsp3) is 0.300. The largest absolute Gasteiger partial charge is 0.497 e. The Hall–Kier alpha value is -1.73. The van der Waals surface area contributed by atoms with Gasteiger partial charge in [0.05, 0.1) is 14.2 Å². The zero-order chi connectivity index (χ0) is 17.8. The molecule has 3 aromatic rings. The van der Waals surface area contributed by atoms with Gasteiger partial charge in [0.15, 0.2) is 0 Å². The minimum atomic E-state index is 0.724. The molecule has 0 radical (unpaired) electrons. The second-order valence-electron chi connectivity index (χ2n) is 6.02. The third kappa shape index (κ3) is 3.93. The molecular weight excluding hydrogens is 427 g/mol. The van der Waals surface area contributed by atoms with Crippen LogP contribution >= 0.6 is 22.6 Å². The third-order valence-corrected chi connectivity index (χ3v) is 5.06. The second kappa shape index (κ2) is 8.10. The molecule has 0 bridgehead atoms. The number of aryl methyl sites for hydroxylation is 1. The lowest BCUT2D eigenvalue weighted by Gasteiger charge is -2.10. The average molecular weight is 450 g/mol. The van der Waals surface area contributed by atoms with Gasteiger partial charge in [-0.2, -0.15) is 0 Å². The van der Waals surface area contributed by atoms with Crippen molar-refractivity contribution in [1.29, 1.82) is 0 Å². The molecule has 0 aliphatic heterocycles. The van der Waals surface area contributed by atoms with Crippen molar-refractivity contribution in [3.63, 3.8) is 0 Å². The van der Waals surface area contributed by atoms with Crippen LogP contribution in [0.3, 0.4) is 0 Å². The Morgan fingerprint density at radius 1 is 1.00 bits per heavy atom. The van der Waals surface area contributed by atoms with Gasteiger partial charge in [-0.25, -0.2) is 0 Å². The van der Waals surface area contributed by atoms with E-state index >= 15 is 0 Å². The van der Waals surface area contributed by atoms with Crippen LogP contribution in [0.15, 0.2) is 36.4 Å². The summed E-state index contributed by atoms with van der Waals surface area (Å²) in [4.78, 5) is 3.59. The Kier molecular flexibility index (Phi) is 5.86. The van der Waals surface area contributed by atoms with Crippen LogP contribution in [0.25, 0.3) is 22.2 Å². The van der Waals surface area contributed by atoms with Crippen LogP contribution in [0.4, 0.5) is 0 Å². The highest BCUT2D eigenvalue weighted by atomic mass is 127. The van der Waals surface area contributed by atoms with Crippen molar-refractivity contribution < 1.29 is 9.47 Å². The number of aromatic amines is 1. The van der Waals surface area contributed by atoms with Gasteiger partial charge < -0.3 is 20.2 Å². The molecule has 0 fully saturated rings. The van der Waals surface area contributed by atoms with Gasteiger partial charge >= 0.3 is 0 Å². The first-order valence-corrected chi connectivity index (χ1v) is 9.47. The van der Waals surface area contributed by atoms with Crippen LogP contribution < -0.4 is 15.2 Å². The fourth-order valence-electron chi connectivity index (χ4n) is 3.12. The van der Waals surface area contributed by atoms with Gasteiger partial charge in [-0.15, -0.1) is 0 Å². The summed E-state index contributed by atoms with van der Waals surface area (Å²) in [6.07, 6.45) is 3.09. The van der Waals surface area contributed by atoms with E-state index in [1.165, 1.54) is 14.5 Å². The molecule has 132 valence electrons. The maximum absolute atomic E-state index is 5.69. The number of hydrogen-bond donors (Lipinski definition) is 2. The van der Waals surface area contributed by atoms with Gasteiger partial charge in [-0.3, -0.25) is 0 Å². The molecule has 0 amide bonds. The number of methoxy groups -OCH3 is 2. The zero-order valence-electron chi connectivity index (χ0n) is 14.6. The van der Waals surface area contributed by atoms with Gasteiger partial charge in [0.1, 0.15) is 11.5 Å². The molecule has 0 aliphatic rings. The molecule has 3 rings (SSSR count). The summed E-state index contributed by atoms with van der Waals surface area (Å²) in [5.74, 6) is 1.57. The summed E-state index contributed by atoms with van der Waals surface area (Å²) in [7, 11) is 3.35. The average Bonchev–Trinajstić information content (AvgIpc) is 2.99. The normalized spacial score (nSPS) is 11.0. The van der Waals surface area contributed by atoms with E-state index in [2.05, 4.69) is 45.8 Å². The molecule has 0 unspecified atom stereocenters. The zero-order valence-corrected chi connectivity index (χ0v) is 16.7. The van der Waals surface area contributed by atoms with Gasteiger partial charge in [-0.1, -0.05) is 0 Å². The molecule has 0 aliphatic carbocycles. The molecule has 2 aromatic carbocycles. The molecule has 1 aromatic heterocycles. The standard InChI is InChI=1S/C20H23IN2O2/c1-24-15-9-13(10-16(12-15)25-2)20-17(5-3-4-8-22)18-11-14(21)6-7-19(18)23-20/h6-7,9-12,23H,3-5,8,22H2,1-2H3. The number of hydrogen-bond acceptors (Lipinski definition) is 3. The quantitative estimate of drug-likeness (QED) is 0.404. The Morgan fingerprint density at radius 2 is 1.72 bits per heavy atom. The fourth-order valence-corrected chi connectivity index (χ4v) is 3.62. The predicted molar refractivity (Wildman–Crippen MR) is 112 cm³/mol. The number of aromatic nitrogens is 1. The Bertz CT molecular complexity index is 851. The monoisotopic (exact) mass is 450 g/mol. The summed E-state index contributed by atoms with van der Waals surface area (Å²) >= 11 is 2.36. The number of benzene rings is 2. The van der Waals surface area contributed by atoms with E-state index in [1.54, 1.807) is 14.2 Å². The minimum absolute atomic E-state index is 0.724. The van der Waals surface area contributed by atoms with Gasteiger partial charge in [0.25, 0.3) is 0 Å². The van der Waals surface area contributed by atoms with Crippen LogP contribution in [-0.2, 0) is 6.42 Å². The van der Waals surface area contributed by atoms with Gasteiger partial charge in [-0.05, 0) is 84.3 Å². The SMILES string of the molecule is COc1cc(OC)cc(-c2[nH]c3ccc(I)cc3c2CCCCN)c1. The molecule has 0 atom stereocenters. The minimum Gasteiger partial charge on any atom is -0.497 e. The number of nitrogens with one attached hydrogen (secondary N) is 1. The lowest BCUT2D eigenvalue weighted by Crippen LogP contribution is -1.99. The molecular formula is C20H23IN2O2. The lowest BCUT2D eigenvalue weighted by molar-refractivity contribution is 0.394. The molecule has 0 spiro atoms. The second-order valence-corrected chi connectivity index (χ2v) is 7.26. The van der Waals surface area contributed by atoms with Gasteiger partial charge in [0.2, 0.25) is 0 Å². The summed E-state index contributed by atoms with van der Waals surface area (Å²) in [6, 6.07) is 12.5. The number of unbranched alkanes of at least 4 members (excludes halogenated alkanes) is 1. The van der Waals surface area contributed by atoms with E-state index in [4.69, 9.17) is 15.2 Å². The van der Waals surface area contributed by atoms with E-state index in [0.717, 1.165) is 54.1 Å². The van der Waals surface area contributed by atoms with E-state index in [1.807, 2.05) is 18.2 Å². The van der Waals surface area contributed by atoms with E-state index in [9.17, 15) is 0 Å². The van der Waals surface area contributed by atoms with Crippen LogP contribution in [0, 0.1) is 3.57 Å². The topological polar surface area (TPSA) is 60.3 Å². The van der Waals surface area contributed by atoms with Gasteiger partial charge in [0, 0.05) is 31.8 Å². The van der Waals surface area contributed by atoms with Crippen LogP contribution in [-0.4, -0.2) is 25.7 Å². The molecule has 3 N–H and O–H groups in total. The number of ether oxygens (including phenoxy) is 2. The predicted octanol–water partition coefficient (Wildman–Crippen LogP) is 4.74. The first kappa shape index (κ1) is 18.1. The van der Waals surface area contributed by atoms with Crippen molar-refractivity contribution >= 4 is 33.5 Å². The summed E-state index contributed by atoms with van der Waals surface area (Å²) < 4.78 is 12.1. The Labute approximate surface area is 161 Å². The van der Waals surface area contributed by atoms with Crippen molar-refractivity contribution in [3.05, 3.63) is 45.5 Å². The van der Waals surface area contributed by atoms with E-state index < -0.39 is 0 Å². The summed E-state index contributed by atoms with van der Waals surface area (Å²) in [5.41, 5.74) is 10.4. The molecule has 5 heteroatoms. The number of nitrogens with two attached hydrogens (primary N) is 1. The highest BCUT2D eigenvalue weighted by Crippen LogP contribution is 2.36. The molecule has 0 saturated heterocycles. The van der Waals surface area contributed by atoms with Crippen molar-refractivity contribution in [2.45, 2.75) is 19.3 Å². The summed E-state index contributed by atoms with van der Waals surface area (Å²) in [6.45, 7) is 0.724. The Balaban J connectivity index is 2.15. The molecule has 0 saturated carbocycles. The first-order chi connectivity index (χ1) is 12.2. The number of H-pyrrole nitrogens is 1. The highest BCUT2D eigenvalue weighted by molar-refractivity contribution is 14.1. The first-order valence-electron chi connectivity index (χ1n) is 8.40. The van der Waals surface area contributed by atoms with Crippen molar-refractivity contribution in [1.82, 2.24) is 4.98 Å². The van der Waals surface area contributed by atoms with E-state index in [-0.39, 0.29) is 0 Å².